The van der Waals surface area contributed by atoms with Gasteiger partial charge in [0.15, 0.2) is 0 Å². The van der Waals surface area contributed by atoms with Gasteiger partial charge in [-0.3, -0.25) is 4.57 Å². The molecule has 0 saturated heterocycles. The number of rotatable bonds is 7. The predicted molar refractivity (Wildman–Crippen MR) is 98.0 cm³/mol. The maximum absolute atomic E-state index is 12.7. The van der Waals surface area contributed by atoms with Crippen molar-refractivity contribution in [3.05, 3.63) is 63.8 Å². The molecule has 0 atom stereocenters. The van der Waals surface area contributed by atoms with Gasteiger partial charge in [0.1, 0.15) is 6.33 Å². The normalized spacial score (nSPS) is 10.8. The third-order valence-corrected chi connectivity index (χ3v) is 4.99. The molecule has 3 aromatic rings. The summed E-state index contributed by atoms with van der Waals surface area (Å²) < 4.78 is 32.8. The minimum Gasteiger partial charge on any atom is -0.481 e. The zero-order chi connectivity index (χ0) is 19.4. The Morgan fingerprint density at radius 2 is 2.11 bits per heavy atom. The molecule has 2 N–H and O–H groups in total. The van der Waals surface area contributed by atoms with E-state index in [9.17, 15) is 13.6 Å². The number of methoxy groups -OCH3 is 1. The Balaban J connectivity index is 1.76. The summed E-state index contributed by atoms with van der Waals surface area (Å²) in [7, 11) is 1.55. The minimum absolute atomic E-state index is 0.298. The van der Waals surface area contributed by atoms with Crippen molar-refractivity contribution >= 4 is 11.3 Å². The highest BCUT2D eigenvalue weighted by Crippen LogP contribution is 2.28. The number of halogens is 2. The van der Waals surface area contributed by atoms with Crippen LogP contribution in [0.25, 0.3) is 10.4 Å². The van der Waals surface area contributed by atoms with Crippen LogP contribution >= 0.6 is 11.3 Å². The average Bonchev–Trinajstić information content (AvgIpc) is 3.28. The van der Waals surface area contributed by atoms with Crippen molar-refractivity contribution in [3.63, 3.8) is 0 Å². The summed E-state index contributed by atoms with van der Waals surface area (Å²) in [6.07, 6.45) is 1.17. The first-order valence-electron chi connectivity index (χ1n) is 7.96. The van der Waals surface area contributed by atoms with Gasteiger partial charge in [0.25, 0.3) is 6.08 Å². The van der Waals surface area contributed by atoms with Crippen LogP contribution in [0.1, 0.15) is 4.88 Å². The Bertz CT molecular complexity index is 1000. The predicted octanol–water partition coefficient (Wildman–Crippen LogP) is 2.33. The molecule has 7 nitrogen and oxygen atoms in total. The van der Waals surface area contributed by atoms with E-state index in [0.29, 0.717) is 12.4 Å². The Morgan fingerprint density at radius 3 is 2.74 bits per heavy atom. The standard InChI is InChI=1S/C17H17F2N5O2S/c1-26-15-5-2-11(7-21-15)14-4-3-13(27-14)9-23-10-22-24(17(23)25)8-12(6-20)16(18)19/h2-5,7,10H,6,8-9,20H2,1H3. The molecule has 0 saturated carbocycles. The SMILES string of the molecule is COc1ccc(-c2ccc(Cn3cnn(CC(CN)=C(F)F)c3=O)s2)cn1. The first kappa shape index (κ1) is 18.9. The van der Waals surface area contributed by atoms with Crippen molar-refractivity contribution in [1.29, 1.82) is 0 Å². The lowest BCUT2D eigenvalue weighted by Crippen LogP contribution is -2.27. The molecule has 3 heterocycles. The van der Waals surface area contributed by atoms with Crippen LogP contribution in [0.3, 0.4) is 0 Å². The summed E-state index contributed by atoms with van der Waals surface area (Å²) in [6.45, 7) is -0.351. The highest BCUT2D eigenvalue weighted by molar-refractivity contribution is 7.15. The third kappa shape index (κ3) is 4.29. The molecule has 0 aliphatic heterocycles. The molecular weight excluding hydrogens is 376 g/mol. The highest BCUT2D eigenvalue weighted by atomic mass is 32.1. The number of nitrogens with two attached hydrogens (primary N) is 1. The second-order valence-corrected chi connectivity index (χ2v) is 6.79. The Kier molecular flexibility index (Phi) is 5.77. The largest absolute Gasteiger partial charge is 0.481 e. The first-order valence-corrected chi connectivity index (χ1v) is 8.78. The summed E-state index contributed by atoms with van der Waals surface area (Å²) in [5, 5.41) is 3.89. The number of thiophene rings is 1. The van der Waals surface area contributed by atoms with Crippen molar-refractivity contribution in [2.45, 2.75) is 13.1 Å². The first-order chi connectivity index (χ1) is 13.0. The van der Waals surface area contributed by atoms with Crippen LogP contribution in [0.15, 0.2) is 53.2 Å². The number of nitrogens with zero attached hydrogens (tertiary/aromatic N) is 4. The van der Waals surface area contributed by atoms with Crippen LogP contribution in [-0.4, -0.2) is 33.0 Å². The number of aromatic nitrogens is 4. The van der Waals surface area contributed by atoms with E-state index in [4.69, 9.17) is 10.5 Å². The van der Waals surface area contributed by atoms with Gasteiger partial charge in [-0.15, -0.1) is 11.3 Å². The van der Waals surface area contributed by atoms with Gasteiger partial charge < -0.3 is 10.5 Å². The summed E-state index contributed by atoms with van der Waals surface area (Å²) in [6, 6.07) is 7.51. The smallest absolute Gasteiger partial charge is 0.346 e. The third-order valence-electron chi connectivity index (χ3n) is 3.87. The molecule has 10 heteroatoms. The molecule has 0 aromatic carbocycles. The van der Waals surface area contributed by atoms with Crippen molar-refractivity contribution in [2.24, 2.45) is 5.73 Å². The topological polar surface area (TPSA) is 88.0 Å². The van der Waals surface area contributed by atoms with Crippen molar-refractivity contribution in [3.8, 4) is 16.3 Å². The van der Waals surface area contributed by atoms with Gasteiger partial charge in [-0.05, 0) is 18.2 Å². The molecule has 0 unspecified atom stereocenters. The van der Waals surface area contributed by atoms with Gasteiger partial charge in [-0.2, -0.15) is 13.9 Å². The van der Waals surface area contributed by atoms with Gasteiger partial charge in [-0.1, -0.05) is 0 Å². The molecule has 0 fully saturated rings. The molecule has 0 aliphatic carbocycles. The zero-order valence-electron chi connectivity index (χ0n) is 14.4. The van der Waals surface area contributed by atoms with E-state index in [-0.39, 0.29) is 18.7 Å². The van der Waals surface area contributed by atoms with Gasteiger partial charge >= 0.3 is 5.69 Å². The number of ether oxygens (including phenoxy) is 1. The quantitative estimate of drug-likeness (QED) is 0.666. The monoisotopic (exact) mass is 393 g/mol. The summed E-state index contributed by atoms with van der Waals surface area (Å²) in [4.78, 5) is 18.4. The number of hydrogen-bond donors (Lipinski definition) is 1. The summed E-state index contributed by atoms with van der Waals surface area (Å²) in [5.41, 5.74) is 5.43. The van der Waals surface area contributed by atoms with Crippen LogP contribution in [0, 0.1) is 0 Å². The van der Waals surface area contributed by atoms with E-state index in [1.54, 1.807) is 19.4 Å². The van der Waals surface area contributed by atoms with Crippen LogP contribution in [0.4, 0.5) is 8.78 Å². The fraction of sp³-hybridized carbons (Fsp3) is 0.235. The average molecular weight is 393 g/mol. The molecule has 0 spiro atoms. The van der Waals surface area contributed by atoms with E-state index in [1.807, 2.05) is 18.2 Å². The van der Waals surface area contributed by atoms with Gasteiger partial charge in [0.2, 0.25) is 5.88 Å². The lowest BCUT2D eigenvalue weighted by atomic mass is 10.2. The van der Waals surface area contributed by atoms with Gasteiger partial charge in [0.05, 0.1) is 20.2 Å². The molecule has 0 aliphatic rings. The van der Waals surface area contributed by atoms with Crippen LogP contribution < -0.4 is 16.2 Å². The highest BCUT2D eigenvalue weighted by Gasteiger charge is 2.12. The van der Waals surface area contributed by atoms with Gasteiger partial charge in [-0.25, -0.2) is 14.5 Å². The Hall–Kier alpha value is -2.85. The van der Waals surface area contributed by atoms with E-state index in [0.717, 1.165) is 20.0 Å². The van der Waals surface area contributed by atoms with E-state index < -0.39 is 11.8 Å². The van der Waals surface area contributed by atoms with Gasteiger partial charge in [0, 0.05) is 39.7 Å². The van der Waals surface area contributed by atoms with E-state index in [1.165, 1.54) is 22.2 Å². The molecular formula is C17H17F2N5O2S. The molecule has 0 amide bonds. The maximum atomic E-state index is 12.7. The molecule has 27 heavy (non-hydrogen) atoms. The summed E-state index contributed by atoms with van der Waals surface area (Å²) >= 11 is 1.51. The van der Waals surface area contributed by atoms with E-state index >= 15 is 0 Å². The zero-order valence-corrected chi connectivity index (χ0v) is 15.2. The van der Waals surface area contributed by atoms with Crippen LogP contribution in [-0.2, 0) is 13.1 Å². The van der Waals surface area contributed by atoms with Crippen molar-refractivity contribution < 1.29 is 13.5 Å². The van der Waals surface area contributed by atoms with Crippen LogP contribution in [0.2, 0.25) is 0 Å². The minimum atomic E-state index is -1.88. The maximum Gasteiger partial charge on any atom is 0.346 e. The van der Waals surface area contributed by atoms with Crippen LogP contribution in [0.5, 0.6) is 5.88 Å². The lowest BCUT2D eigenvalue weighted by Gasteiger charge is -2.02. The van der Waals surface area contributed by atoms with Crippen molar-refractivity contribution in [1.82, 2.24) is 19.3 Å². The summed E-state index contributed by atoms with van der Waals surface area (Å²) in [5.74, 6) is 0.533. The Morgan fingerprint density at radius 1 is 1.30 bits per heavy atom. The Labute approximate surface area is 157 Å². The fourth-order valence-corrected chi connectivity index (χ4v) is 3.40. The fourth-order valence-electron chi connectivity index (χ4n) is 2.40. The lowest BCUT2D eigenvalue weighted by molar-refractivity contribution is 0.398. The second kappa shape index (κ2) is 8.23. The number of hydrogen-bond acceptors (Lipinski definition) is 6. The molecule has 3 rings (SSSR count). The molecule has 0 bridgehead atoms. The van der Waals surface area contributed by atoms with E-state index in [2.05, 4.69) is 10.1 Å². The van der Waals surface area contributed by atoms with Crippen molar-refractivity contribution in [2.75, 3.05) is 13.7 Å². The molecule has 3 aromatic heterocycles. The number of pyridine rings is 1. The molecule has 142 valence electrons. The molecule has 0 radical (unpaired) electrons. The second-order valence-electron chi connectivity index (χ2n) is 5.62.